The van der Waals surface area contributed by atoms with Crippen LogP contribution in [0.3, 0.4) is 0 Å². The van der Waals surface area contributed by atoms with Gasteiger partial charge in [-0.05, 0) is 86.0 Å². The molecule has 35 heavy (non-hydrogen) atoms. The van der Waals surface area contributed by atoms with E-state index in [2.05, 4.69) is 25.7 Å². The number of halogens is 1. The van der Waals surface area contributed by atoms with Crippen LogP contribution in [-0.2, 0) is 4.79 Å². The Kier molecular flexibility index (Phi) is 9.56. The molecular weight excluding hydrogens is 519 g/mol. The molecule has 1 saturated heterocycles. The third-order valence-corrected chi connectivity index (χ3v) is 6.45. The number of H-pyrrole nitrogens is 2. The van der Waals surface area contributed by atoms with E-state index in [-0.39, 0.29) is 41.9 Å². The number of nitrogens with one attached hydrogen (secondary N) is 4. The first-order valence-electron chi connectivity index (χ1n) is 10.6. The Bertz CT molecular complexity index is 1310. The molecule has 1 aliphatic heterocycles. The molecule has 13 heteroatoms. The third-order valence-electron chi connectivity index (χ3n) is 5.56. The fraction of sp³-hybridized carbons (Fsp3) is 0.273. The van der Waals surface area contributed by atoms with Crippen LogP contribution in [0.2, 0.25) is 5.02 Å². The summed E-state index contributed by atoms with van der Waals surface area (Å²) in [5, 5.41) is 22.7. The summed E-state index contributed by atoms with van der Waals surface area (Å²) < 4.78 is 2.48. The van der Waals surface area contributed by atoms with Crippen molar-refractivity contribution in [3.63, 3.8) is 0 Å². The van der Waals surface area contributed by atoms with Crippen molar-refractivity contribution in [2.45, 2.75) is 19.3 Å². The summed E-state index contributed by atoms with van der Waals surface area (Å²) in [4.78, 5) is 25.7. The zero-order chi connectivity index (χ0) is 24.2. The van der Waals surface area contributed by atoms with Gasteiger partial charge in [-0.2, -0.15) is 0 Å². The minimum Gasteiger partial charge on any atom is -0.550 e. The first kappa shape index (κ1) is 27.4. The molecule has 3 aromatic rings. The predicted molar refractivity (Wildman–Crippen MR) is 135 cm³/mol. The zero-order valence-corrected chi connectivity index (χ0v) is 23.4. The number of benzene rings is 2. The molecule has 4 N–H and O–H groups in total. The van der Waals surface area contributed by atoms with Gasteiger partial charge in [-0.15, -0.1) is 0 Å². The molecule has 2 heterocycles. The van der Waals surface area contributed by atoms with Crippen molar-refractivity contribution in [2.75, 3.05) is 28.6 Å². The van der Waals surface area contributed by atoms with E-state index in [1.165, 1.54) is 0 Å². The number of carbonyl (C=O) groups excluding carboxylic acids is 2. The van der Waals surface area contributed by atoms with Gasteiger partial charge < -0.3 is 25.4 Å². The summed E-state index contributed by atoms with van der Waals surface area (Å²) >= 11 is 16.9. The zero-order valence-electron chi connectivity index (χ0n) is 19.0. The Labute approximate surface area is 239 Å². The van der Waals surface area contributed by atoms with Gasteiger partial charge in [-0.3, -0.25) is 14.8 Å². The number of carboxylic acid groups (broad SMARTS) is 1. The van der Waals surface area contributed by atoms with Crippen LogP contribution in [0.5, 0.6) is 0 Å². The van der Waals surface area contributed by atoms with Gasteiger partial charge in [-0.25, -0.2) is 4.79 Å². The molecule has 4 rings (SSSR count). The first-order chi connectivity index (χ1) is 16.3. The molecule has 0 aliphatic carbocycles. The summed E-state index contributed by atoms with van der Waals surface area (Å²) in [6.07, 6.45) is 1.71. The smallest absolute Gasteiger partial charge is 0.550 e. The maximum atomic E-state index is 12.7. The van der Waals surface area contributed by atoms with Crippen LogP contribution in [0, 0.1) is 15.5 Å². The Hall–Kier alpha value is -2.15. The van der Waals surface area contributed by atoms with Gasteiger partial charge in [0.25, 0.3) is 0 Å². The maximum Gasteiger partial charge on any atom is 1.00 e. The summed E-state index contributed by atoms with van der Waals surface area (Å²) in [7, 11) is 0. The number of urea groups is 1. The monoisotopic (exact) mass is 540 g/mol. The van der Waals surface area contributed by atoms with Gasteiger partial charge in [0.2, 0.25) is 0 Å². The fourth-order valence-electron chi connectivity index (χ4n) is 4.08. The molecule has 0 bridgehead atoms. The van der Waals surface area contributed by atoms with Gasteiger partial charge >= 0.3 is 35.6 Å². The van der Waals surface area contributed by atoms with Crippen molar-refractivity contribution < 1.29 is 44.3 Å². The van der Waals surface area contributed by atoms with Gasteiger partial charge in [0.05, 0.1) is 16.4 Å². The van der Waals surface area contributed by atoms with Crippen LogP contribution in [0.15, 0.2) is 42.5 Å². The number of aliphatic carboxylic acids is 1. The van der Waals surface area contributed by atoms with E-state index in [0.29, 0.717) is 38.2 Å². The molecule has 1 aliphatic rings. The molecule has 1 unspecified atom stereocenters. The van der Waals surface area contributed by atoms with Gasteiger partial charge in [0, 0.05) is 30.4 Å². The molecule has 178 valence electrons. The molecule has 0 saturated carbocycles. The minimum atomic E-state index is -1.05. The summed E-state index contributed by atoms with van der Waals surface area (Å²) in [6, 6.07) is 11.9. The molecule has 1 fully saturated rings. The standard InChI is InChI=1S/C22H23ClN6O3S2.Na/c23-17-7-6-15(11-18(17)28-8-2-3-13(12-28)9-19(30)31)25-20(32)24-14-4-1-5-16(10-14)29-21(33)26-27-22(29)34;/h1,4-7,10-11,13H,2-3,8-9,12H2,(H,26,33)(H,27,34)(H,30,31)(H2,24,25,32);/q;+1/p-1. The number of hydrogen-bond acceptors (Lipinski definition) is 6. The summed E-state index contributed by atoms with van der Waals surface area (Å²) in [5.41, 5.74) is 2.57. The van der Waals surface area contributed by atoms with Crippen LogP contribution < -0.4 is 50.2 Å². The SMILES string of the molecule is O=C([O-])CC1CCCN(c2cc(NC(=O)Nc3cccc(-n4c(=S)[nH][nH]c4=S)c3)ccc2Cl)C1.[Na+]. The van der Waals surface area contributed by atoms with Crippen LogP contribution in [0.1, 0.15) is 19.3 Å². The largest absolute Gasteiger partial charge is 1.00 e. The second-order valence-electron chi connectivity index (χ2n) is 8.02. The van der Waals surface area contributed by atoms with E-state index in [0.717, 1.165) is 25.1 Å². The molecule has 9 nitrogen and oxygen atoms in total. The van der Waals surface area contributed by atoms with Crippen LogP contribution in [0.4, 0.5) is 21.9 Å². The van der Waals surface area contributed by atoms with E-state index < -0.39 is 12.0 Å². The van der Waals surface area contributed by atoms with E-state index in [1.54, 1.807) is 41.0 Å². The van der Waals surface area contributed by atoms with Crippen molar-refractivity contribution in [3.8, 4) is 5.69 Å². The van der Waals surface area contributed by atoms with E-state index >= 15 is 0 Å². The number of aromatic amines is 2. The number of carboxylic acids is 1. The van der Waals surface area contributed by atoms with E-state index in [9.17, 15) is 14.7 Å². The van der Waals surface area contributed by atoms with Crippen LogP contribution in [0.25, 0.3) is 5.69 Å². The average Bonchev–Trinajstić information content (AvgIpc) is 3.13. The third kappa shape index (κ3) is 6.96. The van der Waals surface area contributed by atoms with Crippen molar-refractivity contribution >= 4 is 65.1 Å². The Balaban J connectivity index is 0.00000342. The number of carbonyl (C=O) groups is 2. The quantitative estimate of drug-likeness (QED) is 0.276. The number of nitrogens with zero attached hydrogens (tertiary/aromatic N) is 2. The average molecular weight is 541 g/mol. The Morgan fingerprint density at radius 1 is 1.09 bits per heavy atom. The molecule has 0 radical (unpaired) electrons. The van der Waals surface area contributed by atoms with Crippen molar-refractivity contribution in [3.05, 3.63) is 57.0 Å². The number of rotatable bonds is 6. The van der Waals surface area contributed by atoms with Crippen LogP contribution in [-0.4, -0.2) is 39.9 Å². The second kappa shape index (κ2) is 12.2. The number of amides is 2. The van der Waals surface area contributed by atoms with Crippen molar-refractivity contribution in [1.29, 1.82) is 0 Å². The second-order valence-corrected chi connectivity index (χ2v) is 9.20. The number of hydrogen-bond donors (Lipinski definition) is 4. The minimum absolute atomic E-state index is 0. The molecule has 1 atom stereocenters. The number of anilines is 3. The van der Waals surface area contributed by atoms with Crippen molar-refractivity contribution in [1.82, 2.24) is 14.8 Å². The molecule has 0 spiro atoms. The maximum absolute atomic E-state index is 12.7. The first-order valence-corrected chi connectivity index (χ1v) is 11.8. The predicted octanol–water partition coefficient (Wildman–Crippen LogP) is 1.25. The van der Waals surface area contributed by atoms with Gasteiger partial charge in [0.1, 0.15) is 0 Å². The molecule has 1 aromatic heterocycles. The molecule has 2 aromatic carbocycles. The van der Waals surface area contributed by atoms with E-state index in [4.69, 9.17) is 36.0 Å². The summed E-state index contributed by atoms with van der Waals surface area (Å²) in [5.74, 6) is -1.04. The molecule has 2 amide bonds. The van der Waals surface area contributed by atoms with Crippen LogP contribution >= 0.6 is 36.0 Å². The normalized spacial score (nSPS) is 15.2. The Morgan fingerprint density at radius 2 is 1.77 bits per heavy atom. The Morgan fingerprint density at radius 3 is 2.46 bits per heavy atom. The van der Waals surface area contributed by atoms with Gasteiger partial charge in [0.15, 0.2) is 9.54 Å². The number of aromatic nitrogens is 3. The van der Waals surface area contributed by atoms with E-state index in [1.807, 2.05) is 6.07 Å². The van der Waals surface area contributed by atoms with Gasteiger partial charge in [-0.1, -0.05) is 17.7 Å². The van der Waals surface area contributed by atoms with Crippen molar-refractivity contribution in [2.24, 2.45) is 5.92 Å². The number of piperidine rings is 1. The summed E-state index contributed by atoms with van der Waals surface area (Å²) in [6.45, 7) is 1.33. The fourth-order valence-corrected chi connectivity index (χ4v) is 4.87. The topological polar surface area (TPSA) is 121 Å². The molecular formula is C22H22ClN6NaO3S2.